The van der Waals surface area contributed by atoms with Gasteiger partial charge in [0.2, 0.25) is 0 Å². The Morgan fingerprint density at radius 2 is 0.838 bits per heavy atom. The van der Waals surface area contributed by atoms with E-state index in [1.54, 1.807) is 0 Å². The van der Waals surface area contributed by atoms with Gasteiger partial charge in [-0.25, -0.2) is 0 Å². The van der Waals surface area contributed by atoms with Gasteiger partial charge in [-0.1, -0.05) is 142 Å². The summed E-state index contributed by atoms with van der Waals surface area (Å²) in [7, 11) is 0. The molecular formula is C34H64O2S. The Balaban J connectivity index is 1.85. The fourth-order valence-electron chi connectivity index (χ4n) is 5.10. The van der Waals surface area contributed by atoms with Crippen molar-refractivity contribution in [2.45, 2.75) is 168 Å². The highest BCUT2D eigenvalue weighted by molar-refractivity contribution is 7.10. The summed E-state index contributed by atoms with van der Waals surface area (Å²) in [6.45, 7) is 8.17. The Hall–Kier alpha value is -0.380. The number of ether oxygens (including phenoxy) is 2. The molecule has 0 aliphatic heterocycles. The van der Waals surface area contributed by atoms with Crippen molar-refractivity contribution in [2.75, 3.05) is 26.4 Å². The molecule has 0 spiro atoms. The quantitative estimate of drug-likeness (QED) is 0.0910. The molecule has 0 aromatic carbocycles. The topological polar surface area (TPSA) is 18.5 Å². The van der Waals surface area contributed by atoms with Crippen LogP contribution in [0.15, 0.2) is 11.4 Å². The van der Waals surface area contributed by atoms with Crippen molar-refractivity contribution in [3.63, 3.8) is 0 Å². The fraction of sp³-hybridized carbons (Fsp3) is 0.882. The van der Waals surface area contributed by atoms with E-state index in [2.05, 4.69) is 25.3 Å². The van der Waals surface area contributed by atoms with Gasteiger partial charge < -0.3 is 9.47 Å². The smallest absolute Gasteiger partial charge is 0.0514 e. The van der Waals surface area contributed by atoms with Crippen LogP contribution in [0.1, 0.15) is 166 Å². The molecule has 1 aromatic heterocycles. The average Bonchev–Trinajstić information content (AvgIpc) is 3.36. The summed E-state index contributed by atoms with van der Waals surface area (Å²) in [6, 6.07) is 2.29. The summed E-state index contributed by atoms with van der Waals surface area (Å²) < 4.78 is 11.9. The largest absolute Gasteiger partial charge is 0.381 e. The third-order valence-corrected chi connectivity index (χ3v) is 8.63. The first kappa shape index (κ1) is 34.6. The Bertz CT molecular complexity index is 509. The van der Waals surface area contributed by atoms with Crippen LogP contribution in [-0.2, 0) is 22.3 Å². The van der Waals surface area contributed by atoms with Gasteiger partial charge in [0, 0.05) is 24.5 Å². The van der Waals surface area contributed by atoms with Crippen LogP contribution in [0.3, 0.4) is 0 Å². The van der Waals surface area contributed by atoms with Gasteiger partial charge in [-0.05, 0) is 36.3 Å². The molecule has 0 fully saturated rings. The molecule has 3 heteroatoms. The van der Waals surface area contributed by atoms with Gasteiger partial charge in [-0.2, -0.15) is 0 Å². The lowest BCUT2D eigenvalue weighted by Crippen LogP contribution is -2.04. The van der Waals surface area contributed by atoms with Crippen molar-refractivity contribution in [2.24, 2.45) is 0 Å². The van der Waals surface area contributed by atoms with Gasteiger partial charge in [0.05, 0.1) is 13.2 Å². The molecule has 0 radical (unpaired) electrons. The minimum absolute atomic E-state index is 0.862. The van der Waals surface area contributed by atoms with Crippen LogP contribution in [0.25, 0.3) is 0 Å². The first-order valence-electron chi connectivity index (χ1n) is 16.6. The highest BCUT2D eigenvalue weighted by Crippen LogP contribution is 2.19. The number of unbranched alkanes of at least 4 members (excludes halogenated alkanes) is 20. The zero-order valence-electron chi connectivity index (χ0n) is 25.2. The number of hydrogen-bond acceptors (Lipinski definition) is 3. The molecule has 0 aliphatic rings. The zero-order valence-corrected chi connectivity index (χ0v) is 26.0. The lowest BCUT2D eigenvalue weighted by atomic mass is 10.1. The molecule has 0 bridgehead atoms. The number of thiophene rings is 1. The predicted molar refractivity (Wildman–Crippen MR) is 166 cm³/mol. The molecule has 1 aromatic rings. The second kappa shape index (κ2) is 28.6. The first-order valence-corrected chi connectivity index (χ1v) is 17.5. The van der Waals surface area contributed by atoms with Gasteiger partial charge >= 0.3 is 0 Å². The molecule has 1 rings (SSSR count). The van der Waals surface area contributed by atoms with Crippen molar-refractivity contribution in [1.29, 1.82) is 0 Å². The van der Waals surface area contributed by atoms with E-state index >= 15 is 0 Å². The summed E-state index contributed by atoms with van der Waals surface area (Å²) in [5, 5.41) is 2.23. The van der Waals surface area contributed by atoms with Gasteiger partial charge in [-0.15, -0.1) is 11.3 Å². The van der Waals surface area contributed by atoms with E-state index < -0.39 is 0 Å². The normalized spacial score (nSPS) is 11.5. The molecule has 0 unspecified atom stereocenters. The molecule has 0 saturated heterocycles. The van der Waals surface area contributed by atoms with Crippen molar-refractivity contribution >= 4 is 11.3 Å². The zero-order chi connectivity index (χ0) is 26.5. The molecule has 0 N–H and O–H groups in total. The monoisotopic (exact) mass is 536 g/mol. The van der Waals surface area contributed by atoms with E-state index in [0.29, 0.717) is 0 Å². The molecule has 2 nitrogen and oxygen atoms in total. The van der Waals surface area contributed by atoms with Crippen molar-refractivity contribution in [1.82, 2.24) is 0 Å². The second-order valence-corrected chi connectivity index (χ2v) is 12.2. The van der Waals surface area contributed by atoms with Crippen LogP contribution in [0.2, 0.25) is 0 Å². The van der Waals surface area contributed by atoms with E-state index in [0.717, 1.165) is 39.3 Å². The maximum absolute atomic E-state index is 5.95. The number of rotatable bonds is 30. The van der Waals surface area contributed by atoms with E-state index in [1.807, 2.05) is 11.3 Å². The maximum atomic E-state index is 5.95. The molecule has 0 saturated carbocycles. The summed E-state index contributed by atoms with van der Waals surface area (Å²) in [5.74, 6) is 0. The number of hydrogen-bond donors (Lipinski definition) is 0. The molecule has 1 heterocycles. The second-order valence-electron chi connectivity index (χ2n) is 11.2. The van der Waals surface area contributed by atoms with E-state index in [-0.39, 0.29) is 0 Å². The Morgan fingerprint density at radius 1 is 0.459 bits per heavy atom. The fourth-order valence-corrected chi connectivity index (χ4v) is 6.02. The molecule has 0 amide bonds. The van der Waals surface area contributed by atoms with Gasteiger partial charge in [-0.3, -0.25) is 0 Å². The lowest BCUT2D eigenvalue weighted by Gasteiger charge is -2.07. The molecule has 0 atom stereocenters. The lowest BCUT2D eigenvalue weighted by molar-refractivity contribution is 0.130. The van der Waals surface area contributed by atoms with Gasteiger partial charge in [0.15, 0.2) is 0 Å². The Kier molecular flexibility index (Phi) is 26.8. The van der Waals surface area contributed by atoms with Crippen LogP contribution < -0.4 is 0 Å². The standard InChI is InChI=1S/C34H64O2S/c1-3-5-7-9-11-13-15-17-19-21-23-28-35-30-25-33-27-32-37-34(33)26-31-36-29-24-22-20-18-16-14-12-10-8-6-4-2/h27,32H,3-26,28-31H2,1-2H3. The highest BCUT2D eigenvalue weighted by atomic mass is 32.1. The molecular weight excluding hydrogens is 472 g/mol. The van der Waals surface area contributed by atoms with Crippen molar-refractivity contribution in [3.8, 4) is 0 Å². The average molecular weight is 537 g/mol. The SMILES string of the molecule is CCCCCCCCCCCCCOCCc1ccsc1CCOCCCCCCCCCCCCC. The minimum atomic E-state index is 0.862. The molecule has 218 valence electrons. The van der Waals surface area contributed by atoms with Crippen molar-refractivity contribution < 1.29 is 9.47 Å². The van der Waals surface area contributed by atoms with Crippen LogP contribution >= 0.6 is 11.3 Å². The van der Waals surface area contributed by atoms with Gasteiger partial charge in [0.1, 0.15) is 0 Å². The predicted octanol–water partition coefficient (Wildman–Crippen LogP) is 11.5. The van der Waals surface area contributed by atoms with Crippen molar-refractivity contribution in [3.05, 3.63) is 21.9 Å². The summed E-state index contributed by atoms with van der Waals surface area (Å²) in [5.41, 5.74) is 1.47. The Labute approximate surface area is 236 Å². The van der Waals surface area contributed by atoms with E-state index in [4.69, 9.17) is 9.47 Å². The Morgan fingerprint density at radius 3 is 1.27 bits per heavy atom. The van der Waals surface area contributed by atoms with Crippen LogP contribution in [0, 0.1) is 0 Å². The van der Waals surface area contributed by atoms with Crippen LogP contribution in [0.4, 0.5) is 0 Å². The minimum Gasteiger partial charge on any atom is -0.381 e. The van der Waals surface area contributed by atoms with Crippen LogP contribution in [0.5, 0.6) is 0 Å². The van der Waals surface area contributed by atoms with Crippen LogP contribution in [-0.4, -0.2) is 26.4 Å². The first-order chi connectivity index (χ1) is 18.4. The van der Waals surface area contributed by atoms with E-state index in [9.17, 15) is 0 Å². The van der Waals surface area contributed by atoms with E-state index in [1.165, 1.54) is 152 Å². The molecule has 0 aliphatic carbocycles. The maximum Gasteiger partial charge on any atom is 0.0514 e. The highest BCUT2D eigenvalue weighted by Gasteiger charge is 2.05. The summed E-state index contributed by atoms with van der Waals surface area (Å²) in [4.78, 5) is 1.50. The van der Waals surface area contributed by atoms with Gasteiger partial charge in [0.25, 0.3) is 0 Å². The third-order valence-electron chi connectivity index (χ3n) is 7.61. The summed E-state index contributed by atoms with van der Waals surface area (Å²) >= 11 is 1.89. The third kappa shape index (κ3) is 23.2. The molecule has 37 heavy (non-hydrogen) atoms. The summed E-state index contributed by atoms with van der Waals surface area (Å²) in [6.07, 6.45) is 32.7.